The molecule has 2 spiro atoms. The number of ether oxygens (including phenoxy) is 2. The van der Waals surface area contributed by atoms with Crippen LogP contribution in [-0.2, 0) is 14.3 Å². The summed E-state index contributed by atoms with van der Waals surface area (Å²) in [7, 11) is 0. The molecular formula is C46H82O3. The molecular weight excluding hydrogens is 601 g/mol. The Morgan fingerprint density at radius 2 is 0.735 bits per heavy atom. The summed E-state index contributed by atoms with van der Waals surface area (Å²) < 4.78 is 12.7. The highest BCUT2D eigenvalue weighted by atomic mass is 16.5. The van der Waals surface area contributed by atoms with E-state index in [2.05, 4.69) is 13.8 Å². The SMILES string of the molecule is CCCCCCCCCCOC1CCC(C2CC[C@]3(CC2)C[C@@]2(CC[C@H](C4CCC(OCCCCCCCCCC)CC4)CC2)C3=O)CC1. The van der Waals surface area contributed by atoms with Gasteiger partial charge in [0.15, 0.2) is 0 Å². The van der Waals surface area contributed by atoms with Gasteiger partial charge in [-0.1, -0.05) is 104 Å². The van der Waals surface area contributed by atoms with Crippen LogP contribution in [0.1, 0.15) is 226 Å². The van der Waals surface area contributed by atoms with Crippen LogP contribution < -0.4 is 0 Å². The summed E-state index contributed by atoms with van der Waals surface area (Å²) in [4.78, 5) is 14.0. The van der Waals surface area contributed by atoms with Crippen LogP contribution in [0.3, 0.4) is 0 Å². The number of hydrogen-bond donors (Lipinski definition) is 0. The lowest BCUT2D eigenvalue weighted by Crippen LogP contribution is -2.60. The zero-order chi connectivity index (χ0) is 34.2. The third-order valence-corrected chi connectivity index (χ3v) is 15.1. The molecule has 5 aliphatic carbocycles. The normalized spacial score (nSPS) is 35.2. The van der Waals surface area contributed by atoms with Gasteiger partial charge in [0.25, 0.3) is 0 Å². The lowest BCUT2D eigenvalue weighted by molar-refractivity contribution is -0.170. The molecule has 3 heteroatoms. The molecule has 0 aliphatic heterocycles. The van der Waals surface area contributed by atoms with Gasteiger partial charge in [-0.05, 0) is 146 Å². The molecule has 5 rings (SSSR count). The van der Waals surface area contributed by atoms with Crippen LogP contribution in [0, 0.1) is 34.5 Å². The predicted octanol–water partition coefficient (Wildman–Crippen LogP) is 13.7. The Bertz CT molecular complexity index is 810. The number of unbranched alkanes of at least 4 members (excludes halogenated alkanes) is 14. The summed E-state index contributed by atoms with van der Waals surface area (Å²) in [5.74, 6) is 4.27. The maximum Gasteiger partial charge on any atom is 0.145 e. The number of rotatable bonds is 22. The fourth-order valence-corrected chi connectivity index (χ4v) is 11.8. The number of carbonyl (C=O) groups is 1. The van der Waals surface area contributed by atoms with E-state index in [1.165, 1.54) is 212 Å². The Kier molecular flexibility index (Phi) is 17.3. The van der Waals surface area contributed by atoms with Crippen molar-refractivity contribution in [3.05, 3.63) is 0 Å². The Morgan fingerprint density at radius 1 is 0.429 bits per heavy atom. The van der Waals surface area contributed by atoms with Gasteiger partial charge in [0.1, 0.15) is 5.78 Å². The van der Waals surface area contributed by atoms with Crippen molar-refractivity contribution in [1.29, 1.82) is 0 Å². The molecule has 0 saturated heterocycles. The molecule has 0 atom stereocenters. The lowest BCUT2D eigenvalue weighted by Gasteiger charge is -2.60. The summed E-state index contributed by atoms with van der Waals surface area (Å²) in [5.41, 5.74) is 0.175. The fourth-order valence-electron chi connectivity index (χ4n) is 11.8. The van der Waals surface area contributed by atoms with E-state index in [4.69, 9.17) is 9.47 Å². The zero-order valence-corrected chi connectivity index (χ0v) is 32.9. The minimum absolute atomic E-state index is 0.0874. The van der Waals surface area contributed by atoms with Crippen molar-refractivity contribution in [2.24, 2.45) is 34.5 Å². The molecule has 3 nitrogen and oxygen atoms in total. The largest absolute Gasteiger partial charge is 0.378 e. The molecule has 0 radical (unpaired) electrons. The van der Waals surface area contributed by atoms with E-state index in [1.807, 2.05) is 0 Å². The van der Waals surface area contributed by atoms with Crippen molar-refractivity contribution in [1.82, 2.24) is 0 Å². The van der Waals surface area contributed by atoms with E-state index in [0.717, 1.165) is 42.7 Å². The van der Waals surface area contributed by atoms with E-state index >= 15 is 0 Å². The monoisotopic (exact) mass is 683 g/mol. The highest BCUT2D eigenvalue weighted by Gasteiger charge is 2.63. The van der Waals surface area contributed by atoms with Gasteiger partial charge in [0.2, 0.25) is 0 Å². The first-order valence-electron chi connectivity index (χ1n) is 22.9. The molecule has 0 amide bonds. The standard InChI is InChI=1S/C46H82O3/c1-3-5-7-9-11-13-15-17-35-48-42-23-19-38(20-24-42)40-27-31-45(32-28-40)37-46(44(45)47)33-29-41(30-34-46)39-21-25-43(26-22-39)49-36-18-16-14-12-10-8-6-4-2/h38-43H,3-37H2,1-2H3/t38?,39?,40-,41?,42?,43?,45-,46-. The fraction of sp³-hybridized carbons (Fsp3) is 0.978. The van der Waals surface area contributed by atoms with Gasteiger partial charge in [-0.2, -0.15) is 0 Å². The highest BCUT2D eigenvalue weighted by molar-refractivity contribution is 5.96. The van der Waals surface area contributed by atoms with Crippen LogP contribution in [0.5, 0.6) is 0 Å². The first-order chi connectivity index (χ1) is 24.1. The van der Waals surface area contributed by atoms with Gasteiger partial charge in [-0.15, -0.1) is 0 Å². The maximum absolute atomic E-state index is 14.0. The molecule has 0 N–H and O–H groups in total. The summed E-state index contributed by atoms with van der Waals surface area (Å²) in [6, 6.07) is 0. The number of hydrogen-bond acceptors (Lipinski definition) is 3. The molecule has 0 unspecified atom stereocenters. The van der Waals surface area contributed by atoms with Gasteiger partial charge < -0.3 is 9.47 Å². The van der Waals surface area contributed by atoms with Crippen molar-refractivity contribution in [2.75, 3.05) is 13.2 Å². The molecule has 0 aromatic carbocycles. The molecule has 5 aliphatic rings. The molecule has 49 heavy (non-hydrogen) atoms. The second kappa shape index (κ2) is 21.3. The van der Waals surface area contributed by atoms with Crippen LogP contribution in [0.2, 0.25) is 0 Å². The van der Waals surface area contributed by atoms with Gasteiger partial charge in [-0.3, -0.25) is 4.79 Å². The first-order valence-corrected chi connectivity index (χ1v) is 22.9. The van der Waals surface area contributed by atoms with Crippen molar-refractivity contribution in [3.63, 3.8) is 0 Å². The van der Waals surface area contributed by atoms with Crippen molar-refractivity contribution < 1.29 is 14.3 Å². The summed E-state index contributed by atoms with van der Waals surface area (Å²) >= 11 is 0. The summed E-state index contributed by atoms with van der Waals surface area (Å²) in [5, 5.41) is 0. The Hall–Kier alpha value is -0.410. The zero-order valence-electron chi connectivity index (χ0n) is 32.9. The average Bonchev–Trinajstić information content (AvgIpc) is 3.14. The highest BCUT2D eigenvalue weighted by Crippen LogP contribution is 2.65. The van der Waals surface area contributed by atoms with Gasteiger partial charge in [0, 0.05) is 24.0 Å². The van der Waals surface area contributed by atoms with Crippen LogP contribution >= 0.6 is 0 Å². The predicted molar refractivity (Wildman–Crippen MR) is 207 cm³/mol. The van der Waals surface area contributed by atoms with E-state index < -0.39 is 0 Å². The van der Waals surface area contributed by atoms with Crippen LogP contribution in [0.25, 0.3) is 0 Å². The third-order valence-electron chi connectivity index (χ3n) is 15.1. The first kappa shape index (κ1) is 39.8. The number of Topliss-reactive ketones (excluding diaryl/α,β-unsaturated/α-hetero) is 1. The van der Waals surface area contributed by atoms with Crippen LogP contribution in [0.4, 0.5) is 0 Å². The second-order valence-corrected chi connectivity index (χ2v) is 18.5. The van der Waals surface area contributed by atoms with Gasteiger partial charge >= 0.3 is 0 Å². The third kappa shape index (κ3) is 11.8. The van der Waals surface area contributed by atoms with E-state index in [9.17, 15) is 4.79 Å². The average molecular weight is 683 g/mol. The second-order valence-electron chi connectivity index (χ2n) is 18.5. The lowest BCUT2D eigenvalue weighted by atomic mass is 9.42. The van der Waals surface area contributed by atoms with E-state index in [-0.39, 0.29) is 10.8 Å². The molecule has 0 aromatic heterocycles. The number of ketones is 1. The Labute approximate surface area is 305 Å². The summed E-state index contributed by atoms with van der Waals surface area (Å²) in [6.07, 6.45) is 45.0. The quantitative estimate of drug-likeness (QED) is 0.107. The molecule has 0 aromatic rings. The van der Waals surface area contributed by atoms with Crippen molar-refractivity contribution in [2.45, 2.75) is 238 Å². The van der Waals surface area contributed by atoms with E-state index in [1.54, 1.807) is 0 Å². The molecule has 5 fully saturated rings. The molecule has 0 heterocycles. The van der Waals surface area contributed by atoms with Gasteiger partial charge in [0.05, 0.1) is 12.2 Å². The van der Waals surface area contributed by atoms with Crippen LogP contribution in [-0.4, -0.2) is 31.2 Å². The topological polar surface area (TPSA) is 35.5 Å². The minimum Gasteiger partial charge on any atom is -0.378 e. The summed E-state index contributed by atoms with van der Waals surface area (Å²) in [6.45, 7) is 6.56. The Morgan fingerprint density at radius 3 is 1.06 bits per heavy atom. The molecule has 0 bridgehead atoms. The van der Waals surface area contributed by atoms with Crippen LogP contribution in [0.15, 0.2) is 0 Å². The number of carbonyl (C=O) groups excluding carboxylic acids is 1. The van der Waals surface area contributed by atoms with Crippen molar-refractivity contribution >= 4 is 5.78 Å². The van der Waals surface area contributed by atoms with Crippen molar-refractivity contribution in [3.8, 4) is 0 Å². The molecule has 5 saturated carbocycles. The smallest absolute Gasteiger partial charge is 0.145 e. The maximum atomic E-state index is 14.0. The minimum atomic E-state index is 0.0874. The van der Waals surface area contributed by atoms with E-state index in [0.29, 0.717) is 12.2 Å². The van der Waals surface area contributed by atoms with Gasteiger partial charge in [-0.25, -0.2) is 0 Å². The molecule has 284 valence electrons. The Balaban J connectivity index is 0.886.